The van der Waals surface area contributed by atoms with E-state index >= 15 is 0 Å². The average molecular weight is 238 g/mol. The summed E-state index contributed by atoms with van der Waals surface area (Å²) < 4.78 is 4.05. The molecule has 1 amide bonds. The molecule has 1 aromatic heterocycles. The third kappa shape index (κ3) is 3.21. The summed E-state index contributed by atoms with van der Waals surface area (Å²) in [6.45, 7) is 4.62. The number of anilines is 1. The zero-order chi connectivity index (χ0) is 12.0. The van der Waals surface area contributed by atoms with Crippen LogP contribution in [-0.4, -0.2) is 23.4 Å². The molecule has 0 saturated carbocycles. The topological polar surface area (TPSA) is 77.8 Å². The van der Waals surface area contributed by atoms with Crippen LogP contribution in [0.5, 0.6) is 0 Å². The van der Waals surface area contributed by atoms with Crippen molar-refractivity contribution in [3.05, 3.63) is 11.3 Å². The Balaban J connectivity index is 2.49. The highest BCUT2D eigenvalue weighted by Gasteiger charge is 2.10. The van der Waals surface area contributed by atoms with Gasteiger partial charge in [0.25, 0.3) is 0 Å². The van der Waals surface area contributed by atoms with E-state index in [0.717, 1.165) is 6.42 Å². The lowest BCUT2D eigenvalue weighted by atomic mass is 10.3. The number of aromatic nitrogens is 1. The Hall–Kier alpha value is -1.61. The molecule has 0 spiro atoms. The van der Waals surface area contributed by atoms with Gasteiger partial charge in [0.15, 0.2) is 0 Å². The molecule has 0 aliphatic heterocycles. The minimum absolute atomic E-state index is 0.0724. The summed E-state index contributed by atoms with van der Waals surface area (Å²) in [6, 6.07) is 2.06. The van der Waals surface area contributed by atoms with E-state index in [2.05, 4.69) is 21.1 Å². The van der Waals surface area contributed by atoms with Crippen LogP contribution < -0.4 is 10.6 Å². The van der Waals surface area contributed by atoms with Gasteiger partial charge in [0.2, 0.25) is 5.91 Å². The number of hydrogen-bond donors (Lipinski definition) is 2. The number of rotatable bonds is 5. The van der Waals surface area contributed by atoms with Crippen LogP contribution in [0.4, 0.5) is 5.00 Å². The first-order valence-corrected chi connectivity index (χ1v) is 5.83. The number of carbonyl (C=O) groups is 1. The third-order valence-electron chi connectivity index (χ3n) is 1.96. The van der Waals surface area contributed by atoms with Crippen LogP contribution in [0.25, 0.3) is 0 Å². The van der Waals surface area contributed by atoms with Crippen LogP contribution in [-0.2, 0) is 4.79 Å². The Morgan fingerprint density at radius 3 is 3.00 bits per heavy atom. The largest absolute Gasteiger partial charge is 0.366 e. The summed E-state index contributed by atoms with van der Waals surface area (Å²) in [6.07, 6.45) is 0.912. The van der Waals surface area contributed by atoms with Crippen LogP contribution in [0.1, 0.15) is 24.6 Å². The fraction of sp³-hybridized carbons (Fsp3) is 0.500. The number of nitriles is 1. The molecule has 0 bridgehead atoms. The van der Waals surface area contributed by atoms with Gasteiger partial charge in [-0.25, -0.2) is 0 Å². The normalized spacial score (nSPS) is 9.56. The van der Waals surface area contributed by atoms with Gasteiger partial charge in [-0.1, -0.05) is 6.92 Å². The summed E-state index contributed by atoms with van der Waals surface area (Å²) in [5.41, 5.74) is 1.22. The van der Waals surface area contributed by atoms with Gasteiger partial charge in [0.1, 0.15) is 16.6 Å². The first-order valence-electron chi connectivity index (χ1n) is 5.06. The molecule has 0 saturated heterocycles. The average Bonchev–Trinajstić information content (AvgIpc) is 2.64. The smallest absolute Gasteiger partial charge is 0.239 e. The first kappa shape index (κ1) is 12.5. The Kier molecular flexibility index (Phi) is 4.73. The number of hydrogen-bond acceptors (Lipinski definition) is 5. The van der Waals surface area contributed by atoms with Crippen molar-refractivity contribution in [2.75, 3.05) is 18.4 Å². The van der Waals surface area contributed by atoms with Crippen molar-refractivity contribution < 1.29 is 4.79 Å². The van der Waals surface area contributed by atoms with Crippen LogP contribution in [0.15, 0.2) is 0 Å². The molecule has 0 aliphatic rings. The summed E-state index contributed by atoms with van der Waals surface area (Å²) in [7, 11) is 0. The molecule has 5 nitrogen and oxygen atoms in total. The van der Waals surface area contributed by atoms with Crippen molar-refractivity contribution in [1.82, 2.24) is 9.69 Å². The van der Waals surface area contributed by atoms with Crippen molar-refractivity contribution in [1.29, 1.82) is 5.26 Å². The predicted octanol–water partition coefficient (Wildman–Crippen LogP) is 1.26. The molecular weight excluding hydrogens is 224 g/mol. The zero-order valence-corrected chi connectivity index (χ0v) is 10.1. The van der Waals surface area contributed by atoms with Gasteiger partial charge in [-0.15, -0.1) is 0 Å². The van der Waals surface area contributed by atoms with E-state index in [1.165, 1.54) is 11.5 Å². The molecule has 2 N–H and O–H groups in total. The first-order chi connectivity index (χ1) is 7.69. The van der Waals surface area contributed by atoms with E-state index in [-0.39, 0.29) is 12.5 Å². The van der Waals surface area contributed by atoms with Gasteiger partial charge in [0.05, 0.1) is 12.2 Å². The molecule has 0 aliphatic carbocycles. The van der Waals surface area contributed by atoms with Gasteiger partial charge in [-0.2, -0.15) is 9.64 Å². The second-order valence-corrected chi connectivity index (χ2v) is 4.06. The highest BCUT2D eigenvalue weighted by molar-refractivity contribution is 7.10. The maximum atomic E-state index is 11.3. The molecular formula is C10H14N4OS. The van der Waals surface area contributed by atoms with Crippen LogP contribution in [0.2, 0.25) is 0 Å². The van der Waals surface area contributed by atoms with Crippen molar-refractivity contribution in [3.63, 3.8) is 0 Å². The molecule has 16 heavy (non-hydrogen) atoms. The minimum Gasteiger partial charge on any atom is -0.366 e. The second-order valence-electron chi connectivity index (χ2n) is 3.29. The summed E-state index contributed by atoms with van der Waals surface area (Å²) >= 11 is 1.20. The van der Waals surface area contributed by atoms with Crippen molar-refractivity contribution >= 4 is 22.4 Å². The maximum Gasteiger partial charge on any atom is 0.239 e. The van der Waals surface area contributed by atoms with E-state index in [9.17, 15) is 4.79 Å². The van der Waals surface area contributed by atoms with Crippen molar-refractivity contribution in [2.45, 2.75) is 20.3 Å². The highest BCUT2D eigenvalue weighted by Crippen LogP contribution is 2.22. The molecule has 1 rings (SSSR count). The molecule has 0 fully saturated rings. The van der Waals surface area contributed by atoms with Crippen LogP contribution >= 0.6 is 11.5 Å². The molecule has 1 heterocycles. The number of nitrogens with zero attached hydrogens (tertiary/aromatic N) is 2. The zero-order valence-electron chi connectivity index (χ0n) is 9.33. The molecule has 86 valence electrons. The lowest BCUT2D eigenvalue weighted by Crippen LogP contribution is -2.30. The van der Waals surface area contributed by atoms with Crippen molar-refractivity contribution in [3.8, 4) is 6.07 Å². The lowest BCUT2D eigenvalue weighted by Gasteiger charge is -2.04. The Labute approximate surface area is 98.6 Å². The minimum atomic E-state index is -0.0724. The number of amides is 1. The Morgan fingerprint density at radius 1 is 1.62 bits per heavy atom. The van der Waals surface area contributed by atoms with Crippen molar-refractivity contribution in [2.24, 2.45) is 0 Å². The maximum absolute atomic E-state index is 11.3. The second kappa shape index (κ2) is 6.08. The molecule has 1 aromatic rings. The summed E-state index contributed by atoms with van der Waals surface area (Å²) in [5.74, 6) is -0.0724. The van der Waals surface area contributed by atoms with Gasteiger partial charge in [-0.3, -0.25) is 4.79 Å². The number of carbonyl (C=O) groups excluding carboxylic acids is 1. The van der Waals surface area contributed by atoms with Gasteiger partial charge < -0.3 is 10.6 Å². The van der Waals surface area contributed by atoms with E-state index in [1.54, 1.807) is 6.92 Å². The molecule has 0 aromatic carbocycles. The molecule has 6 heteroatoms. The van der Waals surface area contributed by atoms with Gasteiger partial charge >= 0.3 is 0 Å². The predicted molar refractivity (Wildman–Crippen MR) is 63.4 cm³/mol. The SMILES string of the molecule is CCCNC(=O)CNc1snc(C)c1C#N. The molecule has 0 atom stereocenters. The summed E-state index contributed by atoms with van der Waals surface area (Å²) in [5, 5.41) is 15.2. The highest BCUT2D eigenvalue weighted by atomic mass is 32.1. The molecule has 0 unspecified atom stereocenters. The van der Waals surface area contributed by atoms with Crippen LogP contribution in [0, 0.1) is 18.3 Å². The monoisotopic (exact) mass is 238 g/mol. The quantitative estimate of drug-likeness (QED) is 0.809. The van der Waals surface area contributed by atoms with E-state index < -0.39 is 0 Å². The van der Waals surface area contributed by atoms with Gasteiger partial charge in [0, 0.05) is 6.54 Å². The fourth-order valence-corrected chi connectivity index (χ4v) is 1.85. The molecule has 0 radical (unpaired) electrons. The number of nitrogens with one attached hydrogen (secondary N) is 2. The fourth-order valence-electron chi connectivity index (χ4n) is 1.11. The van der Waals surface area contributed by atoms with E-state index in [0.29, 0.717) is 22.8 Å². The number of aryl methyl sites for hydroxylation is 1. The standard InChI is InChI=1S/C10H14N4OS/c1-3-4-12-9(15)6-13-10-8(5-11)7(2)14-16-10/h13H,3-4,6H2,1-2H3,(H,12,15). The van der Waals surface area contributed by atoms with Gasteiger partial charge in [-0.05, 0) is 24.9 Å². The van der Waals surface area contributed by atoms with Crippen LogP contribution in [0.3, 0.4) is 0 Å². The Bertz CT molecular complexity index is 407. The summed E-state index contributed by atoms with van der Waals surface area (Å²) in [4.78, 5) is 11.3. The lowest BCUT2D eigenvalue weighted by molar-refractivity contribution is -0.119. The van der Waals surface area contributed by atoms with E-state index in [1.807, 2.05) is 6.92 Å². The third-order valence-corrected chi connectivity index (χ3v) is 2.85. The van der Waals surface area contributed by atoms with E-state index in [4.69, 9.17) is 5.26 Å². The Morgan fingerprint density at radius 2 is 2.38 bits per heavy atom.